The number of anilines is 1. The van der Waals surface area contributed by atoms with Crippen LogP contribution >= 0.6 is 50.1 Å². The molecule has 0 bridgehead atoms. The van der Waals surface area contributed by atoms with E-state index in [1.165, 1.54) is 0 Å². The summed E-state index contributed by atoms with van der Waals surface area (Å²) in [5.74, 6) is -1.34. The van der Waals surface area contributed by atoms with Crippen molar-refractivity contribution in [1.29, 1.82) is 0 Å². The molecule has 0 saturated heterocycles. The standard InChI is InChI=1S/C25H22BrClINO5S/c26-19-9-7-17(8-10-19)21(25(31)29-20-11-12-23(28)22(27)15-20)14-16-3-5-18(6-4-16)24(30)2-1-13-35(32,33)34/h3-12,15,21H,1-2,13-14H2,(H,29,31)(H,32,33,34). The summed E-state index contributed by atoms with van der Waals surface area (Å²) < 4.78 is 32.3. The van der Waals surface area contributed by atoms with E-state index < -0.39 is 21.8 Å². The average Bonchev–Trinajstić information content (AvgIpc) is 2.80. The van der Waals surface area contributed by atoms with E-state index in [-0.39, 0.29) is 24.5 Å². The fourth-order valence-corrected chi connectivity index (χ4v) is 4.77. The van der Waals surface area contributed by atoms with Crippen molar-refractivity contribution >= 4 is 77.6 Å². The van der Waals surface area contributed by atoms with E-state index in [9.17, 15) is 18.0 Å². The van der Waals surface area contributed by atoms with Crippen molar-refractivity contribution in [2.24, 2.45) is 0 Å². The summed E-state index contributed by atoms with van der Waals surface area (Å²) in [6, 6.07) is 19.8. The van der Waals surface area contributed by atoms with Crippen molar-refractivity contribution in [2.75, 3.05) is 11.1 Å². The van der Waals surface area contributed by atoms with Gasteiger partial charge in [-0.3, -0.25) is 14.1 Å². The highest BCUT2D eigenvalue weighted by Gasteiger charge is 2.22. The third-order valence-electron chi connectivity index (χ3n) is 5.30. The number of rotatable bonds is 10. The number of carbonyl (C=O) groups excluding carboxylic acids is 2. The molecule has 1 amide bonds. The quantitative estimate of drug-likeness (QED) is 0.143. The molecule has 0 aliphatic heterocycles. The molecule has 0 saturated carbocycles. The molecule has 3 aromatic carbocycles. The van der Waals surface area contributed by atoms with Gasteiger partial charge in [0, 0.05) is 25.7 Å². The molecule has 3 aromatic rings. The number of halogens is 3. The van der Waals surface area contributed by atoms with Crippen LogP contribution in [0.3, 0.4) is 0 Å². The predicted octanol–water partition coefficient (Wildman–Crippen LogP) is 6.52. The van der Waals surface area contributed by atoms with Gasteiger partial charge in [0.2, 0.25) is 5.91 Å². The van der Waals surface area contributed by atoms with Crippen LogP contribution in [0, 0.1) is 3.57 Å². The Balaban J connectivity index is 1.76. The van der Waals surface area contributed by atoms with Crippen LogP contribution in [0.4, 0.5) is 5.69 Å². The van der Waals surface area contributed by atoms with Gasteiger partial charge in [0.05, 0.1) is 16.7 Å². The maximum Gasteiger partial charge on any atom is 0.264 e. The molecule has 0 spiro atoms. The molecule has 184 valence electrons. The Morgan fingerprint density at radius 3 is 2.29 bits per heavy atom. The first-order valence-corrected chi connectivity index (χ1v) is 14.5. The third-order valence-corrected chi connectivity index (χ3v) is 8.20. The van der Waals surface area contributed by atoms with E-state index in [0.717, 1.165) is 19.2 Å². The Hall–Kier alpha value is -1.79. The molecule has 35 heavy (non-hydrogen) atoms. The van der Waals surface area contributed by atoms with Crippen molar-refractivity contribution in [3.8, 4) is 0 Å². The zero-order valence-corrected chi connectivity index (χ0v) is 23.7. The Morgan fingerprint density at radius 1 is 1.03 bits per heavy atom. The molecule has 3 rings (SSSR count). The van der Waals surface area contributed by atoms with Gasteiger partial charge in [-0.15, -0.1) is 0 Å². The van der Waals surface area contributed by atoms with Crippen LogP contribution in [-0.4, -0.2) is 30.4 Å². The summed E-state index contributed by atoms with van der Waals surface area (Å²) >= 11 is 11.7. The van der Waals surface area contributed by atoms with Crippen molar-refractivity contribution < 1.29 is 22.6 Å². The second-order valence-electron chi connectivity index (χ2n) is 7.94. The highest BCUT2D eigenvalue weighted by atomic mass is 127. The molecule has 2 N–H and O–H groups in total. The van der Waals surface area contributed by atoms with Gasteiger partial charge in [0.25, 0.3) is 10.1 Å². The zero-order chi connectivity index (χ0) is 25.6. The largest absolute Gasteiger partial charge is 0.326 e. The van der Waals surface area contributed by atoms with Crippen molar-refractivity contribution in [1.82, 2.24) is 0 Å². The van der Waals surface area contributed by atoms with Crippen molar-refractivity contribution in [2.45, 2.75) is 25.2 Å². The zero-order valence-electron chi connectivity index (χ0n) is 18.4. The summed E-state index contributed by atoms with van der Waals surface area (Å²) in [5.41, 5.74) is 2.76. The summed E-state index contributed by atoms with van der Waals surface area (Å²) in [7, 11) is -4.09. The minimum atomic E-state index is -4.09. The second-order valence-corrected chi connectivity index (χ2v) is 12.0. The normalized spacial score (nSPS) is 12.2. The molecule has 0 aliphatic rings. The summed E-state index contributed by atoms with van der Waals surface area (Å²) in [6.07, 6.45) is 0.470. The topological polar surface area (TPSA) is 101 Å². The molecular weight excluding hydrogens is 669 g/mol. The molecule has 6 nitrogen and oxygen atoms in total. The lowest BCUT2D eigenvalue weighted by molar-refractivity contribution is -0.117. The second kappa shape index (κ2) is 12.4. The average molecular weight is 691 g/mol. The van der Waals surface area contributed by atoms with Gasteiger partial charge in [-0.1, -0.05) is 63.9 Å². The third kappa shape index (κ3) is 8.68. The van der Waals surface area contributed by atoms with Crippen LogP contribution in [0.2, 0.25) is 5.02 Å². The van der Waals surface area contributed by atoms with E-state index >= 15 is 0 Å². The van der Waals surface area contributed by atoms with E-state index in [2.05, 4.69) is 43.8 Å². The van der Waals surface area contributed by atoms with E-state index in [4.69, 9.17) is 16.2 Å². The summed E-state index contributed by atoms with van der Waals surface area (Å²) in [5, 5.41) is 3.50. The van der Waals surface area contributed by atoms with Gasteiger partial charge in [-0.25, -0.2) is 0 Å². The lowest BCUT2D eigenvalue weighted by atomic mass is 9.90. The van der Waals surface area contributed by atoms with Gasteiger partial charge >= 0.3 is 0 Å². The molecule has 10 heteroatoms. The molecule has 0 fully saturated rings. The predicted molar refractivity (Wildman–Crippen MR) is 150 cm³/mol. The highest BCUT2D eigenvalue weighted by Crippen LogP contribution is 2.27. The number of ketones is 1. The molecular formula is C25H22BrClINO5S. The molecule has 0 aromatic heterocycles. The van der Waals surface area contributed by atoms with Crippen molar-refractivity contribution in [3.05, 3.63) is 96.5 Å². The van der Waals surface area contributed by atoms with Gasteiger partial charge in [0.1, 0.15) is 0 Å². The molecule has 0 aliphatic carbocycles. The summed E-state index contributed by atoms with van der Waals surface area (Å²) in [4.78, 5) is 25.6. The fourth-order valence-electron chi connectivity index (χ4n) is 3.48. The molecule has 0 heterocycles. The minimum Gasteiger partial charge on any atom is -0.326 e. The lowest BCUT2D eigenvalue weighted by Gasteiger charge is -2.18. The molecule has 1 atom stereocenters. The van der Waals surface area contributed by atoms with Crippen LogP contribution in [0.25, 0.3) is 0 Å². The fraction of sp³-hybridized carbons (Fsp3) is 0.200. The number of amides is 1. The lowest BCUT2D eigenvalue weighted by Crippen LogP contribution is -2.23. The smallest absolute Gasteiger partial charge is 0.264 e. The number of benzene rings is 3. The monoisotopic (exact) mass is 689 g/mol. The van der Waals surface area contributed by atoms with Crippen molar-refractivity contribution in [3.63, 3.8) is 0 Å². The van der Waals surface area contributed by atoms with E-state index in [0.29, 0.717) is 22.7 Å². The first-order valence-electron chi connectivity index (χ1n) is 10.6. The molecule has 0 radical (unpaired) electrons. The first-order chi connectivity index (χ1) is 16.5. The Bertz CT molecular complexity index is 1310. The van der Waals surface area contributed by atoms with E-state index in [1.54, 1.807) is 36.4 Å². The van der Waals surface area contributed by atoms with E-state index in [1.807, 2.05) is 30.3 Å². The van der Waals surface area contributed by atoms with Crippen LogP contribution in [0.5, 0.6) is 0 Å². The SMILES string of the molecule is O=C(CCCS(=O)(=O)O)c1ccc(CC(C(=O)Nc2ccc(I)c(Cl)c2)c2ccc(Br)cc2)cc1. The number of hydrogen-bond acceptors (Lipinski definition) is 4. The maximum absolute atomic E-state index is 13.3. The number of Topliss-reactive ketones (excluding diaryl/α,β-unsaturated/α-hetero) is 1. The minimum absolute atomic E-state index is 0.0155. The van der Waals surface area contributed by atoms with Crippen LogP contribution in [-0.2, 0) is 21.3 Å². The number of hydrogen-bond donors (Lipinski definition) is 2. The maximum atomic E-state index is 13.3. The Kier molecular flexibility index (Phi) is 9.88. The Labute approximate surface area is 231 Å². The van der Waals surface area contributed by atoms with Gasteiger partial charge in [0.15, 0.2) is 5.78 Å². The molecule has 1 unspecified atom stereocenters. The summed E-state index contributed by atoms with van der Waals surface area (Å²) in [6.45, 7) is 0. The Morgan fingerprint density at radius 2 is 1.69 bits per heavy atom. The number of nitrogens with one attached hydrogen (secondary N) is 1. The highest BCUT2D eigenvalue weighted by molar-refractivity contribution is 14.1. The van der Waals surface area contributed by atoms with Gasteiger partial charge in [-0.05, 0) is 76.9 Å². The van der Waals surface area contributed by atoms with Crippen LogP contribution < -0.4 is 5.32 Å². The first kappa shape index (κ1) is 27.8. The van der Waals surface area contributed by atoms with Crippen LogP contribution in [0.15, 0.2) is 71.2 Å². The number of carbonyl (C=O) groups is 2. The van der Waals surface area contributed by atoms with Gasteiger partial charge < -0.3 is 5.32 Å². The van der Waals surface area contributed by atoms with Gasteiger partial charge in [-0.2, -0.15) is 8.42 Å². The van der Waals surface area contributed by atoms with Crippen LogP contribution in [0.1, 0.15) is 40.2 Å².